The van der Waals surface area contributed by atoms with Crippen molar-refractivity contribution in [2.24, 2.45) is 0 Å². The molecule has 0 bridgehead atoms. The van der Waals surface area contributed by atoms with Crippen LogP contribution >= 0.6 is 15.9 Å². The molecule has 0 saturated carbocycles. The maximum Gasteiger partial charge on any atom is 0.261 e. The van der Waals surface area contributed by atoms with Gasteiger partial charge in [0.25, 0.3) is 5.91 Å². The highest BCUT2D eigenvalue weighted by Crippen LogP contribution is 2.33. The zero-order valence-corrected chi connectivity index (χ0v) is 24.9. The number of halogens is 1. The summed E-state index contributed by atoms with van der Waals surface area (Å²) in [7, 11) is 1.60. The Bertz CT molecular complexity index is 1470. The van der Waals surface area contributed by atoms with Crippen molar-refractivity contribution in [2.75, 3.05) is 13.7 Å². The first-order valence-electron chi connectivity index (χ1n) is 13.2. The predicted molar refractivity (Wildman–Crippen MR) is 163 cm³/mol. The average Bonchev–Trinajstić information content (AvgIpc) is 2.94. The van der Waals surface area contributed by atoms with E-state index in [1.54, 1.807) is 12.0 Å². The Morgan fingerprint density at radius 2 is 1.60 bits per heavy atom. The summed E-state index contributed by atoms with van der Waals surface area (Å²) in [4.78, 5) is 29.3. The number of nitrogens with zero attached hydrogens (tertiary/aromatic N) is 1. The molecule has 1 atom stereocenters. The maximum atomic E-state index is 13.9. The van der Waals surface area contributed by atoms with Crippen LogP contribution in [0.4, 0.5) is 0 Å². The summed E-state index contributed by atoms with van der Waals surface area (Å²) >= 11 is 3.64. The fraction of sp³-hybridized carbons (Fsp3) is 0.273. The molecule has 0 unspecified atom stereocenters. The Balaban J connectivity index is 1.67. The first-order valence-corrected chi connectivity index (χ1v) is 14.0. The third-order valence-electron chi connectivity index (χ3n) is 6.44. The van der Waals surface area contributed by atoms with Crippen molar-refractivity contribution < 1.29 is 19.1 Å². The van der Waals surface area contributed by atoms with E-state index in [2.05, 4.69) is 21.2 Å². The van der Waals surface area contributed by atoms with Crippen LogP contribution in [0.5, 0.6) is 11.5 Å². The smallest absolute Gasteiger partial charge is 0.261 e. The van der Waals surface area contributed by atoms with Crippen LogP contribution in [0.1, 0.15) is 31.9 Å². The van der Waals surface area contributed by atoms with Crippen LogP contribution in [0, 0.1) is 0 Å². The second-order valence-electron chi connectivity index (χ2n) is 10.7. The van der Waals surface area contributed by atoms with Gasteiger partial charge in [0.1, 0.15) is 17.5 Å². The minimum Gasteiger partial charge on any atom is -0.497 e. The summed E-state index contributed by atoms with van der Waals surface area (Å²) in [6.07, 6.45) is 0.359. The minimum atomic E-state index is -0.760. The molecule has 4 rings (SSSR count). The maximum absolute atomic E-state index is 13.9. The number of methoxy groups -OCH3 is 1. The number of carbonyl (C=O) groups is 2. The SMILES string of the molecule is COc1cccc(CN(C(=O)COc2ccc3ccccc3c2Br)[C@@H](Cc2ccccc2)C(=O)NC(C)(C)C)c1. The van der Waals surface area contributed by atoms with Crippen LogP contribution in [0.25, 0.3) is 10.8 Å². The van der Waals surface area contributed by atoms with Gasteiger partial charge in [0.05, 0.1) is 11.6 Å². The van der Waals surface area contributed by atoms with Crippen LogP contribution in [-0.4, -0.2) is 42.0 Å². The van der Waals surface area contributed by atoms with Crippen molar-refractivity contribution in [3.8, 4) is 11.5 Å². The van der Waals surface area contributed by atoms with E-state index in [0.717, 1.165) is 26.4 Å². The third-order valence-corrected chi connectivity index (χ3v) is 7.25. The van der Waals surface area contributed by atoms with E-state index in [1.807, 2.05) is 112 Å². The fourth-order valence-corrected chi connectivity index (χ4v) is 5.13. The second kappa shape index (κ2) is 13.0. The molecule has 0 fully saturated rings. The molecule has 0 heterocycles. The standard InChI is InChI=1S/C33H35BrN2O4/c1-33(2,3)35-32(38)28(20-23-11-6-5-7-12-23)36(21-24-13-10-15-26(19-24)39-4)30(37)22-40-29-18-17-25-14-8-9-16-27(25)31(29)34/h5-19,28H,20-22H2,1-4H3,(H,35,38)/t28-/m0/s1. The molecule has 4 aromatic carbocycles. The van der Waals surface area contributed by atoms with E-state index in [1.165, 1.54) is 0 Å². The number of hydrogen-bond donors (Lipinski definition) is 1. The monoisotopic (exact) mass is 602 g/mol. The van der Waals surface area contributed by atoms with Crippen molar-refractivity contribution in [1.29, 1.82) is 0 Å². The van der Waals surface area contributed by atoms with Gasteiger partial charge in [0, 0.05) is 18.5 Å². The Hall–Kier alpha value is -3.84. The van der Waals surface area contributed by atoms with Gasteiger partial charge in [-0.1, -0.05) is 72.8 Å². The van der Waals surface area contributed by atoms with Gasteiger partial charge in [-0.15, -0.1) is 0 Å². The lowest BCUT2D eigenvalue weighted by Gasteiger charge is -2.34. The third kappa shape index (κ3) is 7.63. The van der Waals surface area contributed by atoms with Gasteiger partial charge in [-0.3, -0.25) is 9.59 Å². The molecule has 0 radical (unpaired) electrons. The summed E-state index contributed by atoms with van der Waals surface area (Å²) < 4.78 is 12.2. The van der Waals surface area contributed by atoms with Crippen LogP contribution in [0.15, 0.2) is 95.5 Å². The summed E-state index contributed by atoms with van der Waals surface area (Å²) in [5.41, 5.74) is 1.34. The molecular formula is C33H35BrN2O4. The number of nitrogens with one attached hydrogen (secondary N) is 1. The number of ether oxygens (including phenoxy) is 2. The zero-order valence-electron chi connectivity index (χ0n) is 23.3. The second-order valence-corrected chi connectivity index (χ2v) is 11.5. The van der Waals surface area contributed by atoms with Crippen LogP contribution in [0.3, 0.4) is 0 Å². The molecule has 2 amide bonds. The minimum absolute atomic E-state index is 0.216. The van der Waals surface area contributed by atoms with Gasteiger partial charge in [0.2, 0.25) is 5.91 Å². The van der Waals surface area contributed by atoms with Crippen molar-refractivity contribution in [3.63, 3.8) is 0 Å². The van der Waals surface area contributed by atoms with E-state index < -0.39 is 11.6 Å². The van der Waals surface area contributed by atoms with Crippen molar-refractivity contribution in [3.05, 3.63) is 107 Å². The molecule has 0 aliphatic carbocycles. The first kappa shape index (κ1) is 29.2. The lowest BCUT2D eigenvalue weighted by molar-refractivity contribution is -0.143. The van der Waals surface area contributed by atoms with Gasteiger partial charge in [-0.25, -0.2) is 0 Å². The number of fused-ring (bicyclic) bond motifs is 1. The largest absolute Gasteiger partial charge is 0.497 e. The summed E-state index contributed by atoms with van der Waals surface area (Å²) in [6.45, 7) is 5.78. The molecule has 7 heteroatoms. The lowest BCUT2D eigenvalue weighted by atomic mass is 10.0. The van der Waals surface area contributed by atoms with Crippen molar-refractivity contribution in [2.45, 2.75) is 45.3 Å². The highest BCUT2D eigenvalue weighted by Gasteiger charge is 2.32. The molecule has 4 aromatic rings. The van der Waals surface area contributed by atoms with Crippen LogP contribution < -0.4 is 14.8 Å². The highest BCUT2D eigenvalue weighted by atomic mass is 79.9. The molecule has 0 aliphatic rings. The number of rotatable bonds is 10. The van der Waals surface area contributed by atoms with Gasteiger partial charge in [-0.05, 0) is 76.8 Å². The van der Waals surface area contributed by atoms with E-state index in [0.29, 0.717) is 17.9 Å². The van der Waals surface area contributed by atoms with Crippen molar-refractivity contribution in [1.82, 2.24) is 10.2 Å². The average molecular weight is 604 g/mol. The number of carbonyl (C=O) groups excluding carboxylic acids is 2. The summed E-state index contributed by atoms with van der Waals surface area (Å²) in [6, 6.07) is 28.3. The van der Waals surface area contributed by atoms with Crippen molar-refractivity contribution >= 4 is 38.5 Å². The lowest BCUT2D eigenvalue weighted by Crippen LogP contribution is -2.55. The van der Waals surface area contributed by atoms with E-state index in [9.17, 15) is 9.59 Å². The Kier molecular flexibility index (Phi) is 9.48. The number of benzene rings is 4. The molecule has 40 heavy (non-hydrogen) atoms. The molecule has 0 spiro atoms. The van der Waals surface area contributed by atoms with Gasteiger partial charge >= 0.3 is 0 Å². The van der Waals surface area contributed by atoms with Crippen LogP contribution in [-0.2, 0) is 22.6 Å². The topological polar surface area (TPSA) is 67.9 Å². The molecular weight excluding hydrogens is 568 g/mol. The summed E-state index contributed by atoms with van der Waals surface area (Å²) in [5.74, 6) is 0.722. The van der Waals surface area contributed by atoms with Crippen LogP contribution in [0.2, 0.25) is 0 Å². The van der Waals surface area contributed by atoms with E-state index >= 15 is 0 Å². The normalized spacial score (nSPS) is 12.0. The van der Waals surface area contributed by atoms with Gasteiger partial charge in [0.15, 0.2) is 6.61 Å². The first-order chi connectivity index (χ1) is 19.1. The van der Waals surface area contributed by atoms with Gasteiger partial charge < -0.3 is 19.7 Å². The molecule has 0 aromatic heterocycles. The molecule has 0 aliphatic heterocycles. The van der Waals surface area contributed by atoms with E-state index in [4.69, 9.17) is 9.47 Å². The Morgan fingerprint density at radius 1 is 0.900 bits per heavy atom. The predicted octanol–water partition coefficient (Wildman–Crippen LogP) is 6.54. The molecule has 6 nitrogen and oxygen atoms in total. The highest BCUT2D eigenvalue weighted by molar-refractivity contribution is 9.10. The summed E-state index contributed by atoms with van der Waals surface area (Å²) in [5, 5.41) is 5.14. The zero-order chi connectivity index (χ0) is 28.7. The number of amides is 2. The molecule has 0 saturated heterocycles. The molecule has 208 valence electrons. The number of hydrogen-bond acceptors (Lipinski definition) is 4. The van der Waals surface area contributed by atoms with E-state index in [-0.39, 0.29) is 25.0 Å². The van der Waals surface area contributed by atoms with Gasteiger partial charge in [-0.2, -0.15) is 0 Å². The Labute approximate surface area is 244 Å². The fourth-order valence-electron chi connectivity index (χ4n) is 4.52. The molecule has 1 N–H and O–H groups in total. The Morgan fingerprint density at radius 3 is 2.33 bits per heavy atom. The quantitative estimate of drug-likeness (QED) is 0.224.